The smallest absolute Gasteiger partial charge is 0.356 e. The maximum atomic E-state index is 12.0. The lowest BCUT2D eigenvalue weighted by atomic mass is 10.00. The Morgan fingerprint density at radius 1 is 1.14 bits per heavy atom. The molecule has 0 aliphatic rings. The molecule has 0 unspecified atom stereocenters. The van der Waals surface area contributed by atoms with Crippen molar-refractivity contribution in [1.29, 1.82) is 0 Å². The fraction of sp³-hybridized carbons (Fsp3) is 0.111. The van der Waals surface area contributed by atoms with Crippen LogP contribution in [-0.2, 0) is 4.74 Å². The highest BCUT2D eigenvalue weighted by Gasteiger charge is 2.14. The standard InChI is InChI=1S/C18H15NO3/c1-2-22-18(21)17-11-14(12-6-4-3-5-7-12)15-10-13(20)8-9-16(15)19-17/h3-11,20H,2H2,1H3. The summed E-state index contributed by atoms with van der Waals surface area (Å²) in [5, 5.41) is 10.5. The molecule has 1 N–H and O–H groups in total. The topological polar surface area (TPSA) is 59.4 Å². The largest absolute Gasteiger partial charge is 0.508 e. The number of rotatable bonds is 3. The van der Waals surface area contributed by atoms with Crippen LogP contribution in [0, 0.1) is 0 Å². The van der Waals surface area contributed by atoms with Crippen LogP contribution < -0.4 is 0 Å². The summed E-state index contributed by atoms with van der Waals surface area (Å²) in [6.07, 6.45) is 0. The van der Waals surface area contributed by atoms with Crippen molar-refractivity contribution < 1.29 is 14.6 Å². The van der Waals surface area contributed by atoms with Crippen LogP contribution in [-0.4, -0.2) is 22.7 Å². The molecule has 0 radical (unpaired) electrons. The molecule has 4 heteroatoms. The van der Waals surface area contributed by atoms with Gasteiger partial charge in [0.2, 0.25) is 0 Å². The van der Waals surface area contributed by atoms with Gasteiger partial charge in [-0.15, -0.1) is 0 Å². The lowest BCUT2D eigenvalue weighted by Crippen LogP contribution is -2.07. The molecule has 0 spiro atoms. The van der Waals surface area contributed by atoms with E-state index in [1.54, 1.807) is 31.2 Å². The second-order valence-electron chi connectivity index (χ2n) is 4.84. The lowest BCUT2D eigenvalue weighted by Gasteiger charge is -2.10. The molecule has 110 valence electrons. The Morgan fingerprint density at radius 3 is 2.64 bits per heavy atom. The highest BCUT2D eigenvalue weighted by molar-refractivity contribution is 6.00. The van der Waals surface area contributed by atoms with E-state index in [1.807, 2.05) is 30.3 Å². The highest BCUT2D eigenvalue weighted by atomic mass is 16.5. The van der Waals surface area contributed by atoms with Gasteiger partial charge in [-0.25, -0.2) is 9.78 Å². The summed E-state index contributed by atoms with van der Waals surface area (Å²) >= 11 is 0. The predicted molar refractivity (Wildman–Crippen MR) is 84.8 cm³/mol. The van der Waals surface area contributed by atoms with E-state index in [0.717, 1.165) is 16.5 Å². The van der Waals surface area contributed by atoms with E-state index < -0.39 is 5.97 Å². The van der Waals surface area contributed by atoms with Gasteiger partial charge in [-0.1, -0.05) is 30.3 Å². The van der Waals surface area contributed by atoms with E-state index >= 15 is 0 Å². The van der Waals surface area contributed by atoms with E-state index in [4.69, 9.17) is 4.74 Å². The highest BCUT2D eigenvalue weighted by Crippen LogP contribution is 2.31. The zero-order valence-corrected chi connectivity index (χ0v) is 12.1. The van der Waals surface area contributed by atoms with Crippen molar-refractivity contribution in [2.24, 2.45) is 0 Å². The maximum Gasteiger partial charge on any atom is 0.356 e. The van der Waals surface area contributed by atoms with Crippen LogP contribution in [0.5, 0.6) is 5.75 Å². The number of hydrogen-bond donors (Lipinski definition) is 1. The van der Waals surface area contributed by atoms with Gasteiger partial charge in [0.25, 0.3) is 0 Å². The number of carbonyl (C=O) groups is 1. The van der Waals surface area contributed by atoms with Gasteiger partial charge in [0.15, 0.2) is 0 Å². The number of ether oxygens (including phenoxy) is 1. The molecule has 4 nitrogen and oxygen atoms in total. The van der Waals surface area contributed by atoms with Gasteiger partial charge in [0, 0.05) is 5.39 Å². The van der Waals surface area contributed by atoms with Crippen molar-refractivity contribution in [3.8, 4) is 16.9 Å². The average Bonchev–Trinajstić information content (AvgIpc) is 2.55. The number of phenolic OH excluding ortho intramolecular Hbond substituents is 1. The molecule has 0 atom stereocenters. The van der Waals surface area contributed by atoms with Gasteiger partial charge in [-0.3, -0.25) is 0 Å². The number of aromatic hydroxyl groups is 1. The third kappa shape index (κ3) is 2.63. The molecule has 2 aromatic carbocycles. The Balaban J connectivity index is 2.26. The lowest BCUT2D eigenvalue weighted by molar-refractivity contribution is 0.0520. The number of fused-ring (bicyclic) bond motifs is 1. The average molecular weight is 293 g/mol. The molecule has 0 bridgehead atoms. The second-order valence-corrected chi connectivity index (χ2v) is 4.84. The summed E-state index contributed by atoms with van der Waals surface area (Å²) in [7, 11) is 0. The Hall–Kier alpha value is -2.88. The van der Waals surface area contributed by atoms with Gasteiger partial charge in [-0.05, 0) is 42.3 Å². The predicted octanol–water partition coefficient (Wildman–Crippen LogP) is 3.78. The molecule has 0 amide bonds. The van der Waals surface area contributed by atoms with Crippen molar-refractivity contribution in [2.45, 2.75) is 6.92 Å². The summed E-state index contributed by atoms with van der Waals surface area (Å²) < 4.78 is 5.04. The quantitative estimate of drug-likeness (QED) is 0.746. The summed E-state index contributed by atoms with van der Waals surface area (Å²) in [5.74, 6) is -0.287. The van der Waals surface area contributed by atoms with E-state index in [0.29, 0.717) is 12.1 Å². The van der Waals surface area contributed by atoms with E-state index in [-0.39, 0.29) is 11.4 Å². The van der Waals surface area contributed by atoms with Gasteiger partial charge in [0.05, 0.1) is 12.1 Å². The number of benzene rings is 2. The first-order chi connectivity index (χ1) is 10.7. The molecule has 1 heterocycles. The first kappa shape index (κ1) is 14.1. The molecule has 3 aromatic rings. The molecule has 3 rings (SSSR count). The molecule has 0 saturated heterocycles. The van der Waals surface area contributed by atoms with Crippen LogP contribution in [0.3, 0.4) is 0 Å². The van der Waals surface area contributed by atoms with Gasteiger partial charge < -0.3 is 9.84 Å². The first-order valence-electron chi connectivity index (χ1n) is 7.05. The number of hydrogen-bond acceptors (Lipinski definition) is 4. The maximum absolute atomic E-state index is 12.0. The number of esters is 1. The molecular weight excluding hydrogens is 278 g/mol. The van der Waals surface area contributed by atoms with Crippen molar-refractivity contribution in [3.05, 3.63) is 60.3 Å². The molecule has 0 fully saturated rings. The van der Waals surface area contributed by atoms with Crippen LogP contribution >= 0.6 is 0 Å². The Labute approximate surface area is 128 Å². The second kappa shape index (κ2) is 5.85. The minimum absolute atomic E-state index is 0.162. The monoisotopic (exact) mass is 293 g/mol. The SMILES string of the molecule is CCOC(=O)c1cc(-c2ccccc2)c2cc(O)ccc2n1. The number of nitrogens with zero attached hydrogens (tertiary/aromatic N) is 1. The van der Waals surface area contributed by atoms with Crippen LogP contribution in [0.15, 0.2) is 54.6 Å². The zero-order valence-electron chi connectivity index (χ0n) is 12.1. The number of pyridine rings is 1. The number of aromatic nitrogens is 1. The number of phenols is 1. The molecule has 0 saturated carbocycles. The van der Waals surface area contributed by atoms with E-state index in [1.165, 1.54) is 0 Å². The first-order valence-corrected chi connectivity index (χ1v) is 7.05. The Morgan fingerprint density at radius 2 is 1.91 bits per heavy atom. The van der Waals surface area contributed by atoms with Crippen molar-refractivity contribution in [2.75, 3.05) is 6.61 Å². The van der Waals surface area contributed by atoms with Crippen molar-refractivity contribution in [1.82, 2.24) is 4.98 Å². The molecule has 0 aliphatic carbocycles. The van der Waals surface area contributed by atoms with Gasteiger partial charge >= 0.3 is 5.97 Å². The molecule has 0 aliphatic heterocycles. The minimum atomic E-state index is -0.449. The third-order valence-electron chi connectivity index (χ3n) is 3.36. The Bertz CT molecular complexity index is 828. The Kier molecular flexibility index (Phi) is 3.74. The van der Waals surface area contributed by atoms with Crippen LogP contribution in [0.2, 0.25) is 0 Å². The number of carbonyl (C=O) groups excluding carboxylic acids is 1. The molecular formula is C18H15NO3. The molecule has 1 aromatic heterocycles. The zero-order chi connectivity index (χ0) is 15.5. The van der Waals surface area contributed by atoms with Crippen LogP contribution in [0.1, 0.15) is 17.4 Å². The van der Waals surface area contributed by atoms with Gasteiger partial charge in [0.1, 0.15) is 11.4 Å². The minimum Gasteiger partial charge on any atom is -0.508 e. The van der Waals surface area contributed by atoms with E-state index in [9.17, 15) is 9.90 Å². The fourth-order valence-electron chi connectivity index (χ4n) is 2.38. The summed E-state index contributed by atoms with van der Waals surface area (Å²) in [6, 6.07) is 16.3. The van der Waals surface area contributed by atoms with E-state index in [2.05, 4.69) is 4.98 Å². The van der Waals surface area contributed by atoms with Gasteiger partial charge in [-0.2, -0.15) is 0 Å². The third-order valence-corrected chi connectivity index (χ3v) is 3.36. The van der Waals surface area contributed by atoms with Crippen molar-refractivity contribution in [3.63, 3.8) is 0 Å². The van der Waals surface area contributed by atoms with Crippen LogP contribution in [0.25, 0.3) is 22.0 Å². The normalized spacial score (nSPS) is 10.6. The fourth-order valence-corrected chi connectivity index (χ4v) is 2.38. The summed E-state index contributed by atoms with van der Waals surface area (Å²) in [6.45, 7) is 2.06. The van der Waals surface area contributed by atoms with Crippen LogP contribution in [0.4, 0.5) is 0 Å². The van der Waals surface area contributed by atoms with Crippen molar-refractivity contribution >= 4 is 16.9 Å². The summed E-state index contributed by atoms with van der Waals surface area (Å²) in [5.41, 5.74) is 2.69. The molecule has 22 heavy (non-hydrogen) atoms. The summed E-state index contributed by atoms with van der Waals surface area (Å²) in [4.78, 5) is 16.3.